The molecule has 32 heavy (non-hydrogen) atoms. The van der Waals surface area contributed by atoms with Gasteiger partial charge in [-0.05, 0) is 44.9 Å². The Morgan fingerprint density at radius 2 is 1.81 bits per heavy atom. The van der Waals surface area contributed by atoms with E-state index in [1.54, 1.807) is 32.4 Å². The molecule has 3 heterocycles. The van der Waals surface area contributed by atoms with Crippen molar-refractivity contribution >= 4 is 40.9 Å². The van der Waals surface area contributed by atoms with Crippen molar-refractivity contribution in [2.24, 2.45) is 0 Å². The van der Waals surface area contributed by atoms with Crippen molar-refractivity contribution in [3.05, 3.63) is 76.8 Å². The molecule has 0 fully saturated rings. The largest absolute Gasteiger partial charge is 0.375 e. The minimum Gasteiger partial charge on any atom is -0.375 e. The van der Waals surface area contributed by atoms with Gasteiger partial charge in [-0.2, -0.15) is 0 Å². The average Bonchev–Trinajstić information content (AvgIpc) is 2.76. The van der Waals surface area contributed by atoms with Crippen LogP contribution in [0.2, 0.25) is 5.02 Å². The van der Waals surface area contributed by atoms with E-state index in [9.17, 15) is 8.96 Å². The SMILES string of the molecule is Cc1nc2cc(F)c(-c3ccc(P(C)(C)=O)nc3)nc2c(NC(C)c2ccccc2)c1Cl. The zero-order chi connectivity index (χ0) is 23.0. The molecule has 0 bridgehead atoms. The lowest BCUT2D eigenvalue weighted by molar-refractivity contribution is 0.588. The third-order valence-electron chi connectivity index (χ3n) is 5.25. The molecule has 0 aliphatic carbocycles. The first-order valence-electron chi connectivity index (χ1n) is 10.1. The van der Waals surface area contributed by atoms with E-state index in [0.29, 0.717) is 38.4 Å². The molecule has 1 unspecified atom stereocenters. The molecule has 0 aliphatic rings. The molecule has 1 aromatic carbocycles. The van der Waals surface area contributed by atoms with E-state index in [1.807, 2.05) is 37.3 Å². The van der Waals surface area contributed by atoms with Gasteiger partial charge in [0, 0.05) is 23.9 Å². The normalized spacial score (nSPS) is 12.7. The van der Waals surface area contributed by atoms with Crippen LogP contribution >= 0.6 is 18.7 Å². The molecule has 4 aromatic rings. The van der Waals surface area contributed by atoms with Gasteiger partial charge in [-0.25, -0.2) is 14.4 Å². The smallest absolute Gasteiger partial charge is 0.151 e. The summed E-state index contributed by atoms with van der Waals surface area (Å²) in [6, 6.07) is 14.6. The van der Waals surface area contributed by atoms with Crippen LogP contribution in [0.3, 0.4) is 0 Å². The Morgan fingerprint density at radius 3 is 2.44 bits per heavy atom. The lowest BCUT2D eigenvalue weighted by Crippen LogP contribution is -2.10. The highest BCUT2D eigenvalue weighted by Gasteiger charge is 2.20. The number of benzene rings is 1. The summed E-state index contributed by atoms with van der Waals surface area (Å²) in [7, 11) is -2.51. The highest BCUT2D eigenvalue weighted by Crippen LogP contribution is 2.37. The number of nitrogens with zero attached hydrogens (tertiary/aromatic N) is 3. The van der Waals surface area contributed by atoms with Crippen molar-refractivity contribution in [3.63, 3.8) is 0 Å². The zero-order valence-electron chi connectivity index (χ0n) is 18.2. The van der Waals surface area contributed by atoms with Crippen LogP contribution in [-0.2, 0) is 4.57 Å². The molecular weight excluding hydrogens is 446 g/mol. The molecule has 0 amide bonds. The number of aryl methyl sites for hydroxylation is 1. The second-order valence-corrected chi connectivity index (χ2v) is 11.6. The molecule has 0 aliphatic heterocycles. The number of aromatic nitrogens is 3. The van der Waals surface area contributed by atoms with Crippen LogP contribution in [0.5, 0.6) is 0 Å². The van der Waals surface area contributed by atoms with Crippen molar-refractivity contribution in [1.29, 1.82) is 0 Å². The van der Waals surface area contributed by atoms with Gasteiger partial charge in [0.15, 0.2) is 5.82 Å². The standard InChI is InChI=1S/C24H23ClFN4OP/c1-14(16-8-6-5-7-9-16)29-24-21(25)15(2)28-19-12-18(26)22(30-23(19)24)17-10-11-20(27-13-17)32(3,4)31/h5-14H,1-4H3,(H,28,29). The van der Waals surface area contributed by atoms with Gasteiger partial charge in [-0.15, -0.1) is 0 Å². The molecule has 1 atom stereocenters. The van der Waals surface area contributed by atoms with Crippen molar-refractivity contribution in [2.75, 3.05) is 18.6 Å². The summed E-state index contributed by atoms with van der Waals surface area (Å²) in [5.41, 5.74) is 4.26. The number of hydrogen-bond acceptors (Lipinski definition) is 5. The Kier molecular flexibility index (Phi) is 6.02. The van der Waals surface area contributed by atoms with E-state index < -0.39 is 13.0 Å². The van der Waals surface area contributed by atoms with Crippen molar-refractivity contribution in [3.8, 4) is 11.3 Å². The third kappa shape index (κ3) is 4.38. The lowest BCUT2D eigenvalue weighted by atomic mass is 10.1. The Morgan fingerprint density at radius 1 is 1.09 bits per heavy atom. The van der Waals surface area contributed by atoms with Gasteiger partial charge < -0.3 is 9.88 Å². The van der Waals surface area contributed by atoms with Gasteiger partial charge in [0.1, 0.15) is 18.4 Å². The van der Waals surface area contributed by atoms with Crippen LogP contribution < -0.4 is 10.8 Å². The van der Waals surface area contributed by atoms with E-state index in [-0.39, 0.29) is 11.7 Å². The van der Waals surface area contributed by atoms with Crippen LogP contribution in [0, 0.1) is 12.7 Å². The topological polar surface area (TPSA) is 67.8 Å². The molecule has 164 valence electrons. The Bertz CT molecular complexity index is 1340. The lowest BCUT2D eigenvalue weighted by Gasteiger charge is -2.19. The molecule has 0 saturated heterocycles. The quantitative estimate of drug-likeness (QED) is 0.352. The molecule has 8 heteroatoms. The number of fused-ring (bicyclic) bond motifs is 1. The van der Waals surface area contributed by atoms with Crippen LogP contribution in [0.15, 0.2) is 54.7 Å². The summed E-state index contributed by atoms with van der Waals surface area (Å²) in [6.45, 7) is 7.09. The molecule has 5 nitrogen and oxygen atoms in total. The predicted molar refractivity (Wildman–Crippen MR) is 130 cm³/mol. The Balaban J connectivity index is 1.84. The number of nitrogens with one attached hydrogen (secondary N) is 1. The molecule has 3 aromatic heterocycles. The van der Waals surface area contributed by atoms with Gasteiger partial charge in [0.2, 0.25) is 0 Å². The van der Waals surface area contributed by atoms with Gasteiger partial charge >= 0.3 is 0 Å². The van der Waals surface area contributed by atoms with E-state index in [0.717, 1.165) is 5.56 Å². The summed E-state index contributed by atoms with van der Waals surface area (Å²) in [5, 5.41) is 3.87. The first-order valence-corrected chi connectivity index (χ1v) is 13.1. The minimum atomic E-state index is -2.51. The van der Waals surface area contributed by atoms with Gasteiger partial charge in [-0.1, -0.05) is 41.9 Å². The van der Waals surface area contributed by atoms with Crippen LogP contribution in [0.25, 0.3) is 22.3 Å². The van der Waals surface area contributed by atoms with E-state index in [1.165, 1.54) is 12.3 Å². The minimum absolute atomic E-state index is 0.0572. The molecule has 0 saturated carbocycles. The first kappa shape index (κ1) is 22.4. The summed E-state index contributed by atoms with van der Waals surface area (Å²) in [6.07, 6.45) is 1.50. The van der Waals surface area contributed by atoms with Crippen molar-refractivity contribution in [2.45, 2.75) is 19.9 Å². The van der Waals surface area contributed by atoms with Crippen molar-refractivity contribution in [1.82, 2.24) is 15.0 Å². The second kappa shape index (κ2) is 8.61. The highest BCUT2D eigenvalue weighted by atomic mass is 35.5. The number of halogens is 2. The van der Waals surface area contributed by atoms with Gasteiger partial charge in [0.05, 0.1) is 27.4 Å². The highest BCUT2D eigenvalue weighted by molar-refractivity contribution is 7.69. The van der Waals surface area contributed by atoms with Crippen molar-refractivity contribution < 1.29 is 8.96 Å². The number of anilines is 1. The number of pyridine rings is 3. The fraction of sp³-hybridized carbons (Fsp3) is 0.208. The number of rotatable bonds is 5. The van der Waals surface area contributed by atoms with E-state index in [2.05, 4.69) is 20.3 Å². The van der Waals surface area contributed by atoms with E-state index >= 15 is 0 Å². The molecule has 0 radical (unpaired) electrons. The predicted octanol–water partition coefficient (Wildman–Crippen LogP) is 6.21. The molecule has 1 N–H and O–H groups in total. The van der Waals surface area contributed by atoms with Crippen LogP contribution in [0.4, 0.5) is 10.1 Å². The maximum atomic E-state index is 15.0. The molecular formula is C24H23ClFN4OP. The fourth-order valence-electron chi connectivity index (χ4n) is 3.48. The molecule has 0 spiro atoms. The zero-order valence-corrected chi connectivity index (χ0v) is 19.9. The maximum Gasteiger partial charge on any atom is 0.151 e. The average molecular weight is 469 g/mol. The Labute approximate surface area is 191 Å². The maximum absolute atomic E-state index is 15.0. The van der Waals surface area contributed by atoms with Gasteiger partial charge in [0.25, 0.3) is 0 Å². The van der Waals surface area contributed by atoms with Crippen LogP contribution in [-0.4, -0.2) is 28.3 Å². The second-order valence-electron chi connectivity index (χ2n) is 8.11. The third-order valence-corrected chi connectivity index (χ3v) is 7.08. The van der Waals surface area contributed by atoms with Crippen LogP contribution in [0.1, 0.15) is 24.2 Å². The fourth-order valence-corrected chi connectivity index (χ4v) is 4.44. The summed E-state index contributed by atoms with van der Waals surface area (Å²) in [4.78, 5) is 13.3. The summed E-state index contributed by atoms with van der Waals surface area (Å²) < 4.78 is 27.2. The summed E-state index contributed by atoms with van der Waals surface area (Å²) >= 11 is 6.61. The number of hydrogen-bond donors (Lipinski definition) is 1. The first-order chi connectivity index (χ1) is 15.1. The monoisotopic (exact) mass is 468 g/mol. The molecule has 4 rings (SSSR count). The Hall–Kier alpha value is -2.82. The summed E-state index contributed by atoms with van der Waals surface area (Å²) in [5.74, 6) is -0.514. The van der Waals surface area contributed by atoms with E-state index in [4.69, 9.17) is 11.6 Å². The van der Waals surface area contributed by atoms with Gasteiger partial charge in [-0.3, -0.25) is 4.98 Å².